The van der Waals surface area contributed by atoms with Crippen LogP contribution in [-0.2, 0) is 19.6 Å². The smallest absolute Gasteiger partial charge is 0.129 e. The van der Waals surface area contributed by atoms with E-state index in [4.69, 9.17) is 9.52 Å². The van der Waals surface area contributed by atoms with Gasteiger partial charge in [-0.05, 0) is 36.6 Å². The standard InChI is InChI=1S/C15H17NO2/c17-11-14-8-7-13(18-14)10-16-9-3-5-12-4-1-2-6-15(12)16/h1-2,4,6-8,17H,3,5,9-11H2. The highest BCUT2D eigenvalue weighted by Gasteiger charge is 2.17. The molecule has 0 radical (unpaired) electrons. The van der Waals surface area contributed by atoms with Crippen LogP contribution in [0.25, 0.3) is 0 Å². The average Bonchev–Trinajstić information content (AvgIpc) is 2.87. The molecule has 1 aliphatic heterocycles. The molecule has 1 aromatic heterocycles. The first kappa shape index (κ1) is 11.4. The molecule has 0 fully saturated rings. The van der Waals surface area contributed by atoms with Crippen LogP contribution in [-0.4, -0.2) is 11.7 Å². The normalized spacial score (nSPS) is 14.6. The van der Waals surface area contributed by atoms with Crippen LogP contribution in [0.1, 0.15) is 23.5 Å². The van der Waals surface area contributed by atoms with Gasteiger partial charge < -0.3 is 14.4 Å². The van der Waals surface area contributed by atoms with Gasteiger partial charge in [0.1, 0.15) is 18.1 Å². The highest BCUT2D eigenvalue weighted by molar-refractivity contribution is 5.55. The summed E-state index contributed by atoms with van der Waals surface area (Å²) in [6.45, 7) is 1.81. The molecule has 0 atom stereocenters. The Kier molecular flexibility index (Phi) is 3.07. The number of furan rings is 1. The molecule has 0 aliphatic carbocycles. The van der Waals surface area contributed by atoms with Crippen molar-refractivity contribution >= 4 is 5.69 Å². The molecular formula is C15H17NO2. The van der Waals surface area contributed by atoms with Crippen molar-refractivity contribution in [3.63, 3.8) is 0 Å². The third-order valence-electron chi connectivity index (χ3n) is 3.43. The highest BCUT2D eigenvalue weighted by Crippen LogP contribution is 2.28. The van der Waals surface area contributed by atoms with Crippen molar-refractivity contribution in [3.05, 3.63) is 53.5 Å². The Morgan fingerprint density at radius 2 is 1.94 bits per heavy atom. The largest absolute Gasteiger partial charge is 0.462 e. The maximum Gasteiger partial charge on any atom is 0.129 e. The topological polar surface area (TPSA) is 36.6 Å². The molecule has 0 amide bonds. The Morgan fingerprint density at radius 3 is 2.78 bits per heavy atom. The molecule has 18 heavy (non-hydrogen) atoms. The molecule has 3 heteroatoms. The van der Waals surface area contributed by atoms with Gasteiger partial charge in [-0.25, -0.2) is 0 Å². The van der Waals surface area contributed by atoms with Gasteiger partial charge in [0.15, 0.2) is 0 Å². The molecule has 0 unspecified atom stereocenters. The molecule has 2 heterocycles. The van der Waals surface area contributed by atoms with Crippen LogP contribution in [0, 0.1) is 0 Å². The number of hydrogen-bond acceptors (Lipinski definition) is 3. The lowest BCUT2D eigenvalue weighted by atomic mass is 10.0. The van der Waals surface area contributed by atoms with E-state index in [9.17, 15) is 0 Å². The molecule has 1 N–H and O–H groups in total. The van der Waals surface area contributed by atoms with Gasteiger partial charge in [-0.1, -0.05) is 18.2 Å². The summed E-state index contributed by atoms with van der Waals surface area (Å²) in [6, 6.07) is 12.3. The van der Waals surface area contributed by atoms with E-state index in [2.05, 4.69) is 29.2 Å². The number of rotatable bonds is 3. The van der Waals surface area contributed by atoms with Crippen molar-refractivity contribution in [2.24, 2.45) is 0 Å². The summed E-state index contributed by atoms with van der Waals surface area (Å²) in [4.78, 5) is 2.35. The summed E-state index contributed by atoms with van der Waals surface area (Å²) in [6.07, 6.45) is 2.34. The second-order valence-corrected chi connectivity index (χ2v) is 4.68. The predicted octanol–water partition coefficient (Wildman–Crippen LogP) is 2.72. The van der Waals surface area contributed by atoms with Gasteiger partial charge in [0.25, 0.3) is 0 Å². The van der Waals surface area contributed by atoms with Gasteiger partial charge in [0.05, 0.1) is 6.54 Å². The Balaban J connectivity index is 1.81. The van der Waals surface area contributed by atoms with Crippen LogP contribution in [0.4, 0.5) is 5.69 Å². The van der Waals surface area contributed by atoms with Crippen molar-refractivity contribution in [1.29, 1.82) is 0 Å². The molecule has 2 aromatic rings. The van der Waals surface area contributed by atoms with E-state index in [-0.39, 0.29) is 6.61 Å². The van der Waals surface area contributed by atoms with Gasteiger partial charge in [0, 0.05) is 12.2 Å². The van der Waals surface area contributed by atoms with E-state index in [1.54, 1.807) is 0 Å². The number of para-hydroxylation sites is 1. The van der Waals surface area contributed by atoms with Gasteiger partial charge in [-0.2, -0.15) is 0 Å². The van der Waals surface area contributed by atoms with E-state index >= 15 is 0 Å². The quantitative estimate of drug-likeness (QED) is 0.900. The molecular weight excluding hydrogens is 226 g/mol. The highest BCUT2D eigenvalue weighted by atomic mass is 16.4. The first-order chi connectivity index (χ1) is 8.86. The summed E-state index contributed by atoms with van der Waals surface area (Å²) in [5.41, 5.74) is 2.73. The average molecular weight is 243 g/mol. The number of benzene rings is 1. The van der Waals surface area contributed by atoms with Crippen molar-refractivity contribution in [2.45, 2.75) is 26.0 Å². The van der Waals surface area contributed by atoms with Crippen LogP contribution >= 0.6 is 0 Å². The monoisotopic (exact) mass is 243 g/mol. The van der Waals surface area contributed by atoms with Crippen LogP contribution in [0.5, 0.6) is 0 Å². The molecule has 1 aromatic carbocycles. The van der Waals surface area contributed by atoms with Crippen molar-refractivity contribution in [3.8, 4) is 0 Å². The lowest BCUT2D eigenvalue weighted by Crippen LogP contribution is -2.28. The first-order valence-corrected chi connectivity index (χ1v) is 6.38. The van der Waals surface area contributed by atoms with Gasteiger partial charge in [0.2, 0.25) is 0 Å². The van der Waals surface area contributed by atoms with E-state index in [0.29, 0.717) is 5.76 Å². The zero-order valence-corrected chi connectivity index (χ0v) is 10.3. The van der Waals surface area contributed by atoms with Crippen molar-refractivity contribution < 1.29 is 9.52 Å². The van der Waals surface area contributed by atoms with E-state index in [1.165, 1.54) is 17.7 Å². The molecule has 3 rings (SSSR count). The molecule has 0 bridgehead atoms. The Morgan fingerprint density at radius 1 is 1.11 bits per heavy atom. The van der Waals surface area contributed by atoms with Crippen molar-refractivity contribution in [1.82, 2.24) is 0 Å². The molecule has 0 saturated carbocycles. The minimum Gasteiger partial charge on any atom is -0.462 e. The molecule has 0 saturated heterocycles. The Hall–Kier alpha value is -1.74. The molecule has 3 nitrogen and oxygen atoms in total. The Labute approximate surface area is 107 Å². The minimum absolute atomic E-state index is 0.0312. The van der Waals surface area contributed by atoms with E-state index in [1.807, 2.05) is 12.1 Å². The Bertz CT molecular complexity index is 533. The lowest BCUT2D eigenvalue weighted by molar-refractivity contribution is 0.243. The third kappa shape index (κ3) is 2.14. The van der Waals surface area contributed by atoms with Gasteiger partial charge in [-0.3, -0.25) is 0 Å². The number of hydrogen-bond donors (Lipinski definition) is 1. The zero-order chi connectivity index (χ0) is 12.4. The summed E-state index contributed by atoms with van der Waals surface area (Å²) in [5.74, 6) is 1.55. The summed E-state index contributed by atoms with van der Waals surface area (Å²) >= 11 is 0. The maximum absolute atomic E-state index is 9.01. The molecule has 0 spiro atoms. The SMILES string of the molecule is OCc1ccc(CN2CCCc3ccccc32)o1. The van der Waals surface area contributed by atoms with Crippen LogP contribution in [0.15, 0.2) is 40.8 Å². The van der Waals surface area contributed by atoms with Gasteiger partial charge in [-0.15, -0.1) is 0 Å². The molecule has 94 valence electrons. The van der Waals surface area contributed by atoms with Crippen molar-refractivity contribution in [2.75, 3.05) is 11.4 Å². The number of aliphatic hydroxyl groups is 1. The summed E-state index contributed by atoms with van der Waals surface area (Å²) in [7, 11) is 0. The summed E-state index contributed by atoms with van der Waals surface area (Å²) < 4.78 is 5.56. The minimum atomic E-state index is -0.0312. The second kappa shape index (κ2) is 4.86. The fourth-order valence-corrected chi connectivity index (χ4v) is 2.56. The predicted molar refractivity (Wildman–Crippen MR) is 70.4 cm³/mol. The first-order valence-electron chi connectivity index (χ1n) is 6.38. The fraction of sp³-hybridized carbons (Fsp3) is 0.333. The lowest BCUT2D eigenvalue weighted by Gasteiger charge is -2.30. The van der Waals surface area contributed by atoms with Crippen LogP contribution in [0.3, 0.4) is 0 Å². The maximum atomic E-state index is 9.01. The van der Waals surface area contributed by atoms with Gasteiger partial charge >= 0.3 is 0 Å². The number of aliphatic hydroxyl groups excluding tert-OH is 1. The molecule has 1 aliphatic rings. The number of nitrogens with zero attached hydrogens (tertiary/aromatic N) is 1. The zero-order valence-electron chi connectivity index (χ0n) is 10.3. The third-order valence-corrected chi connectivity index (χ3v) is 3.43. The fourth-order valence-electron chi connectivity index (χ4n) is 2.56. The number of fused-ring (bicyclic) bond motifs is 1. The number of aryl methyl sites for hydroxylation is 1. The van der Waals surface area contributed by atoms with Crippen LogP contribution < -0.4 is 4.90 Å². The summed E-state index contributed by atoms with van der Waals surface area (Å²) in [5, 5.41) is 9.01. The van der Waals surface area contributed by atoms with E-state index < -0.39 is 0 Å². The number of anilines is 1. The van der Waals surface area contributed by atoms with E-state index in [0.717, 1.165) is 25.3 Å². The van der Waals surface area contributed by atoms with Crippen LogP contribution in [0.2, 0.25) is 0 Å². The second-order valence-electron chi connectivity index (χ2n) is 4.68.